The van der Waals surface area contributed by atoms with Gasteiger partial charge in [0.05, 0.1) is 0 Å². The van der Waals surface area contributed by atoms with Gasteiger partial charge in [-0.25, -0.2) is 5.41 Å². The Balaban J connectivity index is 3.33. The fourth-order valence-electron chi connectivity index (χ4n) is 0.0393. The Morgan fingerprint density at radius 1 is 1.67 bits per heavy atom. The Labute approximate surface area is 32.8 Å². The molecule has 0 aromatic heterocycles. The first-order valence-electron chi connectivity index (χ1n) is 1.04. The van der Waals surface area contributed by atoms with Crippen molar-refractivity contribution in [1.82, 2.24) is 0 Å². The van der Waals surface area contributed by atoms with Gasteiger partial charge in [-0.1, -0.05) is 9.58 Å². The lowest BCUT2D eigenvalue weighted by molar-refractivity contribution is 0.480. The van der Waals surface area contributed by atoms with Crippen LogP contribution in [0.1, 0.15) is 0 Å². The molecule has 0 spiro atoms. The summed E-state index contributed by atoms with van der Waals surface area (Å²) in [5.74, 6) is 0. The van der Waals surface area contributed by atoms with E-state index in [1.165, 1.54) is 6.01 Å². The molecule has 0 amide bonds. The number of halogens is 1. The number of hydrogen-bond donors (Lipinski definition) is 1. The van der Waals surface area contributed by atoms with Crippen LogP contribution in [0.5, 0.6) is 0 Å². The summed E-state index contributed by atoms with van der Waals surface area (Å²) < 4.78 is 10.4. The highest BCUT2D eigenvalue weighted by molar-refractivity contribution is 5.34. The molecule has 6 heavy (non-hydrogen) atoms. The van der Waals surface area contributed by atoms with Crippen molar-refractivity contribution in [3.05, 3.63) is 0 Å². The van der Waals surface area contributed by atoms with E-state index in [2.05, 4.69) is 10.3 Å². The lowest BCUT2D eigenvalue weighted by atomic mass is 11.6. The summed E-state index contributed by atoms with van der Waals surface area (Å²) in [6.07, 6.45) is 0. The van der Waals surface area contributed by atoms with Crippen molar-refractivity contribution in [1.29, 1.82) is 5.41 Å². The highest BCUT2D eigenvalue weighted by Gasteiger charge is 1.51. The minimum absolute atomic E-state index is 1.44. The Bertz CT molecular complexity index is 89.7. The van der Waals surface area contributed by atoms with Gasteiger partial charge in [0.15, 0.2) is 0 Å². The van der Waals surface area contributed by atoms with Gasteiger partial charge in [0.2, 0.25) is 0 Å². The maximum Gasteiger partial charge on any atom is 0.116 e. The maximum atomic E-state index is 10.4. The van der Waals surface area contributed by atoms with Crippen LogP contribution in [0.15, 0.2) is 15.7 Å². The summed E-state index contributed by atoms with van der Waals surface area (Å²) >= 11 is 0. The van der Waals surface area contributed by atoms with Crippen LogP contribution in [-0.4, -0.2) is 6.01 Å². The van der Waals surface area contributed by atoms with Gasteiger partial charge < -0.3 is 0 Å². The smallest absolute Gasteiger partial charge is 0.116 e. The molecule has 0 fully saturated rings. The van der Waals surface area contributed by atoms with Gasteiger partial charge in [-0.05, 0) is 5.22 Å². The van der Waals surface area contributed by atoms with Crippen LogP contribution in [0.4, 0.5) is 4.48 Å². The van der Waals surface area contributed by atoms with Gasteiger partial charge in [0, 0.05) is 5.34 Å². The summed E-state index contributed by atoms with van der Waals surface area (Å²) in [5, 5.41) is 12.6. The lowest BCUT2D eigenvalue weighted by Gasteiger charge is -1.52. The first-order chi connectivity index (χ1) is 2.91. The molecule has 0 heterocycles. The first kappa shape index (κ1) is 4.91. The highest BCUT2D eigenvalue weighted by atomic mass is 19.2. The van der Waals surface area contributed by atoms with Crippen LogP contribution in [0, 0.1) is 5.41 Å². The molecule has 0 saturated carbocycles. The molecule has 1 N–H and O–H groups in total. The second-order valence-electron chi connectivity index (χ2n) is 0.377. The molecule has 0 radical (unpaired) electrons. The normalized spacial score (nSPS) is 8.17. The van der Waals surface area contributed by atoms with Crippen LogP contribution in [0.2, 0.25) is 0 Å². The number of nitrogens with zero attached hydrogens (tertiary/aromatic N) is 3. The Morgan fingerprint density at radius 2 is 2.33 bits per heavy atom. The van der Waals surface area contributed by atoms with E-state index in [0.717, 1.165) is 0 Å². The van der Waals surface area contributed by atoms with Crippen molar-refractivity contribution in [3.8, 4) is 0 Å². The second kappa shape index (κ2) is 3.91. The molecule has 0 bridgehead atoms. The SMILES string of the molecule is N=C=N/N=N/F. The van der Waals surface area contributed by atoms with E-state index >= 15 is 0 Å². The van der Waals surface area contributed by atoms with Crippen molar-refractivity contribution in [2.75, 3.05) is 0 Å². The van der Waals surface area contributed by atoms with Crippen LogP contribution in [-0.2, 0) is 0 Å². The van der Waals surface area contributed by atoms with Crippen molar-refractivity contribution < 1.29 is 4.48 Å². The van der Waals surface area contributed by atoms with E-state index in [4.69, 9.17) is 5.41 Å². The van der Waals surface area contributed by atoms with E-state index in [0.29, 0.717) is 0 Å². The van der Waals surface area contributed by atoms with E-state index in [-0.39, 0.29) is 0 Å². The van der Waals surface area contributed by atoms with Gasteiger partial charge in [-0.3, -0.25) is 0 Å². The fourth-order valence-corrected chi connectivity index (χ4v) is 0.0393. The van der Waals surface area contributed by atoms with Crippen LogP contribution in [0.25, 0.3) is 0 Å². The quantitative estimate of drug-likeness (QED) is 0.282. The third-order valence-corrected chi connectivity index (χ3v) is 0.129. The molecule has 0 aliphatic rings. The zero-order valence-corrected chi connectivity index (χ0v) is 2.72. The average Bonchev–Trinajstić information content (AvgIpc) is 1.61. The van der Waals surface area contributed by atoms with Crippen LogP contribution >= 0.6 is 0 Å². The summed E-state index contributed by atoms with van der Waals surface area (Å²) in [4.78, 5) is 0. The number of rotatable bonds is 1. The molecule has 0 aliphatic carbocycles. The third-order valence-electron chi connectivity index (χ3n) is 0.129. The number of nitrogens with one attached hydrogen (secondary N) is 1. The molecule has 32 valence electrons. The van der Waals surface area contributed by atoms with Crippen molar-refractivity contribution in [2.45, 2.75) is 0 Å². The molecule has 5 heteroatoms. The second-order valence-corrected chi connectivity index (χ2v) is 0.377. The molecular weight excluding hydrogens is 87.0 g/mol. The Morgan fingerprint density at radius 3 is 2.50 bits per heavy atom. The van der Waals surface area contributed by atoms with Crippen molar-refractivity contribution in [3.63, 3.8) is 0 Å². The Hall–Kier alpha value is -1.09. The predicted octanol–water partition coefficient (Wildman–Crippen LogP) is 0.991. The van der Waals surface area contributed by atoms with E-state index in [1.807, 2.05) is 0 Å². The Kier molecular flexibility index (Phi) is 3.20. The molecule has 0 aromatic rings. The summed E-state index contributed by atoms with van der Waals surface area (Å²) in [6.45, 7) is 0. The lowest BCUT2D eigenvalue weighted by Crippen LogP contribution is -1.39. The largest absolute Gasteiger partial charge is 0.240 e. The molecule has 0 aromatic carbocycles. The molecule has 0 aliphatic heterocycles. The molecular formula is CHFN4. The standard InChI is InChI=1S/CHFN4/c2-5-6-4-1-3/h3H/b6-5+. The van der Waals surface area contributed by atoms with Gasteiger partial charge >= 0.3 is 0 Å². The van der Waals surface area contributed by atoms with Gasteiger partial charge in [-0.2, -0.15) is 0 Å². The predicted molar refractivity (Wildman–Crippen MR) is 16.1 cm³/mol. The molecule has 0 rings (SSSR count). The first-order valence-corrected chi connectivity index (χ1v) is 1.04. The van der Waals surface area contributed by atoms with E-state index in [1.54, 1.807) is 5.34 Å². The van der Waals surface area contributed by atoms with Gasteiger partial charge in [-0.15, -0.1) is 0 Å². The number of hydrogen-bond acceptors (Lipinski definition) is 3. The van der Waals surface area contributed by atoms with E-state index < -0.39 is 0 Å². The minimum atomic E-state index is 1.44. The van der Waals surface area contributed by atoms with Crippen molar-refractivity contribution in [2.24, 2.45) is 15.7 Å². The van der Waals surface area contributed by atoms with Crippen LogP contribution < -0.4 is 0 Å². The zero-order chi connectivity index (χ0) is 4.83. The average molecular weight is 88.0 g/mol. The van der Waals surface area contributed by atoms with E-state index in [9.17, 15) is 4.48 Å². The monoisotopic (exact) mass is 88.0 g/mol. The fraction of sp³-hybridized carbons (Fsp3) is 0. The third kappa shape index (κ3) is 2.91. The van der Waals surface area contributed by atoms with Gasteiger partial charge in [0.25, 0.3) is 0 Å². The molecule has 0 saturated heterocycles. The summed E-state index contributed by atoms with van der Waals surface area (Å²) in [7, 11) is 0. The molecule has 0 atom stereocenters. The van der Waals surface area contributed by atoms with Crippen LogP contribution in [0.3, 0.4) is 0 Å². The molecule has 0 unspecified atom stereocenters. The molecule has 4 nitrogen and oxygen atoms in total. The topological polar surface area (TPSA) is 60.9 Å². The van der Waals surface area contributed by atoms with Crippen molar-refractivity contribution >= 4 is 6.01 Å². The van der Waals surface area contributed by atoms with Gasteiger partial charge in [0.1, 0.15) is 6.01 Å². The maximum absolute atomic E-state index is 10.4. The summed E-state index contributed by atoms with van der Waals surface area (Å²) in [5.41, 5.74) is 0. The minimum Gasteiger partial charge on any atom is -0.240 e. The zero-order valence-electron chi connectivity index (χ0n) is 2.72. The summed E-state index contributed by atoms with van der Waals surface area (Å²) in [6, 6.07) is 1.44. The highest BCUT2D eigenvalue weighted by Crippen LogP contribution is 1.70.